The van der Waals surface area contributed by atoms with Crippen molar-refractivity contribution in [2.75, 3.05) is 13.1 Å². The number of likely N-dealkylation sites (N-methyl/N-ethyl adjacent to an activating group) is 1. The quantitative estimate of drug-likeness (QED) is 0.336. The molecule has 4 rings (SSSR count). The van der Waals surface area contributed by atoms with Crippen molar-refractivity contribution in [2.45, 2.75) is 89.3 Å². The number of aryl methyl sites for hydroxylation is 1. The molecule has 0 aromatic heterocycles. The fraction of sp³-hybridized carbons (Fsp3) is 0.500. The number of sulfonamides is 1. The second-order valence-electron chi connectivity index (χ2n) is 12.0. The molecule has 1 atom stereocenters. The molecule has 1 heterocycles. The normalized spacial score (nSPS) is 18.6. The maximum Gasteiger partial charge on any atom is 0.245 e. The number of carbonyl (C=O) groups excluding carboxylic acids is 2. The van der Waals surface area contributed by atoms with Gasteiger partial charge in [-0.3, -0.25) is 9.59 Å². The van der Waals surface area contributed by atoms with Gasteiger partial charge in [0.1, 0.15) is 6.04 Å². The fourth-order valence-electron chi connectivity index (χ4n) is 5.98. The van der Waals surface area contributed by atoms with E-state index in [2.05, 4.69) is 10.0 Å². The molecule has 0 unspecified atom stereocenters. The van der Waals surface area contributed by atoms with Crippen molar-refractivity contribution < 1.29 is 18.0 Å². The summed E-state index contributed by atoms with van der Waals surface area (Å²) < 4.78 is 30.3. The summed E-state index contributed by atoms with van der Waals surface area (Å²) in [6.07, 6.45) is 6.03. The molecule has 10 heteroatoms. The van der Waals surface area contributed by atoms with Gasteiger partial charge in [0.05, 0.1) is 16.0 Å². The van der Waals surface area contributed by atoms with Crippen molar-refractivity contribution in [2.24, 2.45) is 5.73 Å². The van der Waals surface area contributed by atoms with E-state index < -0.39 is 33.1 Å². The summed E-state index contributed by atoms with van der Waals surface area (Å²) in [5.74, 6) is -0.659. The van der Waals surface area contributed by atoms with Gasteiger partial charge < -0.3 is 16.0 Å². The minimum atomic E-state index is -3.83. The van der Waals surface area contributed by atoms with Crippen LogP contribution in [0.15, 0.2) is 60.2 Å². The van der Waals surface area contributed by atoms with Crippen LogP contribution in [0.4, 0.5) is 0 Å². The highest BCUT2D eigenvalue weighted by molar-refractivity contribution is 7.99. The average Bonchev–Trinajstić information content (AvgIpc) is 3.16. The Balaban J connectivity index is 1.67. The summed E-state index contributed by atoms with van der Waals surface area (Å²) in [5.41, 5.74) is 6.57. The SMILES string of the molecule is CCN(CC1=C(c2ccc(Cl)cc2)S(=O)(=O)NC12CCCCC2)C(=O)[C@@H](CCCc1ccccc1)NC(=O)C(C)(C)N. The number of halogens is 1. The molecule has 8 nitrogen and oxygen atoms in total. The number of nitrogens with one attached hydrogen (secondary N) is 2. The first-order chi connectivity index (χ1) is 19.9. The van der Waals surface area contributed by atoms with Gasteiger partial charge in [0.2, 0.25) is 21.8 Å². The number of hydrogen-bond donors (Lipinski definition) is 3. The van der Waals surface area contributed by atoms with Crippen molar-refractivity contribution in [3.8, 4) is 0 Å². The third-order valence-electron chi connectivity index (χ3n) is 8.30. The summed E-state index contributed by atoms with van der Waals surface area (Å²) in [5, 5.41) is 3.41. The fourth-order valence-corrected chi connectivity index (χ4v) is 8.08. The van der Waals surface area contributed by atoms with E-state index in [4.69, 9.17) is 17.3 Å². The molecule has 2 aromatic carbocycles. The molecule has 0 bridgehead atoms. The van der Waals surface area contributed by atoms with Crippen molar-refractivity contribution in [1.82, 2.24) is 14.9 Å². The van der Waals surface area contributed by atoms with Gasteiger partial charge in [0, 0.05) is 18.1 Å². The van der Waals surface area contributed by atoms with Gasteiger partial charge in [-0.2, -0.15) is 0 Å². The van der Waals surface area contributed by atoms with Crippen molar-refractivity contribution in [1.29, 1.82) is 0 Å². The van der Waals surface area contributed by atoms with Crippen molar-refractivity contribution >= 4 is 38.3 Å². The molecular weight excluding hydrogens is 572 g/mol. The van der Waals surface area contributed by atoms with Gasteiger partial charge >= 0.3 is 0 Å². The van der Waals surface area contributed by atoms with Crippen LogP contribution in [0.25, 0.3) is 4.91 Å². The Morgan fingerprint density at radius 2 is 1.71 bits per heavy atom. The Kier molecular flexibility index (Phi) is 10.2. The van der Waals surface area contributed by atoms with Gasteiger partial charge in [-0.05, 0) is 81.7 Å². The molecule has 2 amide bonds. The van der Waals surface area contributed by atoms with Crippen LogP contribution < -0.4 is 15.8 Å². The summed E-state index contributed by atoms with van der Waals surface area (Å²) in [7, 11) is -3.83. The second-order valence-corrected chi connectivity index (χ2v) is 14.1. The number of hydrogen-bond acceptors (Lipinski definition) is 5. The molecule has 228 valence electrons. The predicted octanol–water partition coefficient (Wildman–Crippen LogP) is 4.78. The standard InChI is InChI=1S/C32H43ClN4O4S/c1-4-37(29(38)27(35-30(39)31(2,3)34)15-11-14-23-12-7-5-8-13-23)22-26-28(24-16-18-25(33)19-17-24)42(40,41)36-32(26)20-9-6-10-21-32/h5,7-8,12-13,16-19,27,36H,4,6,9-11,14-15,20-22,34H2,1-3H3,(H,35,39)/t27-/m1/s1. The largest absolute Gasteiger partial charge is 0.343 e. The zero-order valence-electron chi connectivity index (χ0n) is 24.8. The summed E-state index contributed by atoms with van der Waals surface area (Å²) >= 11 is 6.13. The second kappa shape index (κ2) is 13.3. The number of benzene rings is 2. The topological polar surface area (TPSA) is 122 Å². The van der Waals surface area contributed by atoms with E-state index in [1.54, 1.807) is 43.0 Å². The Bertz CT molecular complexity index is 1400. The molecule has 0 radical (unpaired) electrons. The zero-order valence-corrected chi connectivity index (χ0v) is 26.4. The van der Waals surface area contributed by atoms with Crippen LogP contribution in [0.1, 0.15) is 76.8 Å². The van der Waals surface area contributed by atoms with E-state index in [1.807, 2.05) is 37.3 Å². The minimum absolute atomic E-state index is 0.136. The Hall–Kier alpha value is -2.72. The third-order valence-corrected chi connectivity index (χ3v) is 10.2. The zero-order chi connectivity index (χ0) is 30.5. The van der Waals surface area contributed by atoms with E-state index in [-0.39, 0.29) is 17.4 Å². The van der Waals surface area contributed by atoms with E-state index in [0.29, 0.717) is 48.4 Å². The van der Waals surface area contributed by atoms with Crippen LogP contribution in [-0.4, -0.2) is 55.3 Å². The Morgan fingerprint density at radius 3 is 2.31 bits per heavy atom. The van der Waals surface area contributed by atoms with Crippen LogP contribution in [0.5, 0.6) is 0 Å². The molecule has 1 saturated carbocycles. The monoisotopic (exact) mass is 614 g/mol. The van der Waals surface area contributed by atoms with E-state index in [9.17, 15) is 18.0 Å². The van der Waals surface area contributed by atoms with Gasteiger partial charge in [-0.25, -0.2) is 13.1 Å². The first-order valence-electron chi connectivity index (χ1n) is 14.8. The number of rotatable bonds is 11. The van der Waals surface area contributed by atoms with Crippen LogP contribution in [0.2, 0.25) is 5.02 Å². The molecule has 0 saturated heterocycles. The highest BCUT2D eigenvalue weighted by atomic mass is 35.5. The summed E-state index contributed by atoms with van der Waals surface area (Å²) in [4.78, 5) is 29.0. The maximum atomic E-state index is 14.1. The minimum Gasteiger partial charge on any atom is -0.343 e. The molecule has 2 aromatic rings. The molecular formula is C32H43ClN4O4S. The number of carbonyl (C=O) groups is 2. The van der Waals surface area contributed by atoms with E-state index in [0.717, 1.165) is 31.2 Å². The first-order valence-corrected chi connectivity index (χ1v) is 16.7. The average molecular weight is 615 g/mol. The van der Waals surface area contributed by atoms with Gasteiger partial charge in [-0.15, -0.1) is 0 Å². The lowest BCUT2D eigenvalue weighted by Gasteiger charge is -2.38. The molecule has 1 aliphatic carbocycles. The van der Waals surface area contributed by atoms with E-state index in [1.165, 1.54) is 0 Å². The Morgan fingerprint density at radius 1 is 1.07 bits per heavy atom. The molecule has 42 heavy (non-hydrogen) atoms. The van der Waals surface area contributed by atoms with Crippen LogP contribution in [0, 0.1) is 0 Å². The summed E-state index contributed by atoms with van der Waals surface area (Å²) in [6, 6.07) is 16.0. The van der Waals surface area contributed by atoms with Crippen molar-refractivity contribution in [3.63, 3.8) is 0 Å². The highest BCUT2D eigenvalue weighted by Gasteiger charge is 2.49. The maximum absolute atomic E-state index is 14.1. The predicted molar refractivity (Wildman–Crippen MR) is 168 cm³/mol. The molecule has 2 aliphatic rings. The third kappa shape index (κ3) is 7.43. The molecule has 1 aliphatic heterocycles. The molecule has 1 spiro atoms. The number of nitrogens with zero attached hydrogens (tertiary/aromatic N) is 1. The van der Waals surface area contributed by atoms with Crippen LogP contribution in [-0.2, 0) is 26.0 Å². The van der Waals surface area contributed by atoms with Crippen LogP contribution in [0.3, 0.4) is 0 Å². The lowest BCUT2D eigenvalue weighted by atomic mass is 9.76. The van der Waals surface area contributed by atoms with Gasteiger partial charge in [0.15, 0.2) is 0 Å². The lowest BCUT2D eigenvalue weighted by Crippen LogP contribution is -2.57. The van der Waals surface area contributed by atoms with Crippen LogP contribution >= 0.6 is 11.6 Å². The molecule has 4 N–H and O–H groups in total. The number of nitrogens with two attached hydrogens (primary N) is 1. The number of amides is 2. The first kappa shape index (κ1) is 32.2. The lowest BCUT2D eigenvalue weighted by molar-refractivity contribution is -0.137. The van der Waals surface area contributed by atoms with Gasteiger partial charge in [-0.1, -0.05) is 73.3 Å². The summed E-state index contributed by atoms with van der Waals surface area (Å²) in [6.45, 7) is 5.58. The highest BCUT2D eigenvalue weighted by Crippen LogP contribution is 2.46. The Labute approximate surface area is 255 Å². The van der Waals surface area contributed by atoms with Crippen molar-refractivity contribution in [3.05, 3.63) is 76.3 Å². The van der Waals surface area contributed by atoms with Gasteiger partial charge in [0.25, 0.3) is 0 Å². The van der Waals surface area contributed by atoms with E-state index >= 15 is 0 Å². The smallest absolute Gasteiger partial charge is 0.245 e. The molecule has 1 fully saturated rings.